The molecule has 8 nitrogen and oxygen atoms in total. The number of benzene rings is 1. The lowest BCUT2D eigenvalue weighted by molar-refractivity contribution is 0.394. The maximum Gasteiger partial charge on any atom is 0.276 e. The average molecular weight is 380 g/mol. The highest BCUT2D eigenvalue weighted by atomic mass is 35.5. The van der Waals surface area contributed by atoms with Gasteiger partial charge in [0, 0.05) is 12.5 Å². The maximum atomic E-state index is 13.1. The van der Waals surface area contributed by atoms with Crippen LogP contribution in [0.25, 0.3) is 11.8 Å². The lowest BCUT2D eigenvalue weighted by atomic mass is 10.2. The highest BCUT2D eigenvalue weighted by molar-refractivity contribution is 5.85. The topological polar surface area (TPSA) is 94.6 Å². The van der Waals surface area contributed by atoms with Gasteiger partial charge in [-0.05, 0) is 55.1 Å². The van der Waals surface area contributed by atoms with Gasteiger partial charge in [0.2, 0.25) is 0 Å². The molecule has 0 bridgehead atoms. The van der Waals surface area contributed by atoms with Gasteiger partial charge in [-0.2, -0.15) is 9.67 Å². The molecule has 0 fully saturated rings. The van der Waals surface area contributed by atoms with Crippen molar-refractivity contribution in [2.75, 3.05) is 7.05 Å². The van der Waals surface area contributed by atoms with Crippen molar-refractivity contribution >= 4 is 24.2 Å². The van der Waals surface area contributed by atoms with Crippen molar-refractivity contribution in [3.63, 3.8) is 0 Å². The Hall–Kier alpha value is -2.65. The molecule has 2 aromatic heterocycles. The predicted octanol–water partition coefficient (Wildman–Crippen LogP) is 2.12. The van der Waals surface area contributed by atoms with E-state index in [9.17, 15) is 4.39 Å². The molecule has 1 atom stereocenters. The zero-order chi connectivity index (χ0) is 17.8. The van der Waals surface area contributed by atoms with Crippen LogP contribution in [0.4, 0.5) is 4.39 Å². The highest BCUT2D eigenvalue weighted by Gasteiger charge is 2.18. The Morgan fingerprint density at radius 1 is 1.35 bits per heavy atom. The molecule has 0 saturated carbocycles. The molecule has 2 heterocycles. The number of rotatable bonds is 6. The largest absolute Gasteiger partial charge is 0.332 e. The van der Waals surface area contributed by atoms with Gasteiger partial charge in [0.15, 0.2) is 11.6 Å². The number of likely N-dealkylation sites (N-methyl/N-ethyl adjacent to an activating group) is 1. The van der Waals surface area contributed by atoms with Crippen LogP contribution in [-0.4, -0.2) is 43.4 Å². The van der Waals surface area contributed by atoms with Crippen LogP contribution in [0.5, 0.6) is 0 Å². The maximum absolute atomic E-state index is 13.1. The number of hydrogen-bond donors (Lipinski definition) is 1. The number of aryl methyl sites for hydroxylation is 1. The normalized spacial score (nSPS) is 12.7. The number of tetrazole rings is 1. The minimum atomic E-state index is -0.307. The van der Waals surface area contributed by atoms with Gasteiger partial charge in [0.05, 0.1) is 0 Å². The summed E-state index contributed by atoms with van der Waals surface area (Å²) in [4.78, 5) is 4.43. The van der Waals surface area contributed by atoms with E-state index in [1.165, 1.54) is 16.8 Å². The number of halogens is 2. The number of aromatic nitrogens is 6. The second kappa shape index (κ2) is 8.63. The van der Waals surface area contributed by atoms with E-state index in [-0.39, 0.29) is 30.2 Å². The number of nitrogens with one attached hydrogen (secondary N) is 1. The summed E-state index contributed by atoms with van der Waals surface area (Å²) in [5.74, 6) is 1.13. The lowest BCUT2D eigenvalue weighted by Gasteiger charge is -2.05. The minimum Gasteiger partial charge on any atom is -0.332 e. The highest BCUT2D eigenvalue weighted by Crippen LogP contribution is 2.19. The summed E-state index contributed by atoms with van der Waals surface area (Å²) in [5, 5.41) is 18.6. The molecule has 26 heavy (non-hydrogen) atoms. The zero-order valence-electron chi connectivity index (χ0n) is 14.5. The van der Waals surface area contributed by atoms with E-state index in [4.69, 9.17) is 4.52 Å². The molecule has 0 aliphatic heterocycles. The van der Waals surface area contributed by atoms with Crippen molar-refractivity contribution in [1.29, 1.82) is 0 Å². The van der Waals surface area contributed by atoms with Crippen LogP contribution in [0.15, 0.2) is 28.8 Å². The van der Waals surface area contributed by atoms with Crippen molar-refractivity contribution in [3.8, 4) is 0 Å². The Kier molecular flexibility index (Phi) is 6.53. The summed E-state index contributed by atoms with van der Waals surface area (Å²) in [6, 6.07) is 6.27. The molecule has 0 spiro atoms. The molecule has 138 valence electrons. The Labute approximate surface area is 155 Å². The Morgan fingerprint density at radius 2 is 2.08 bits per heavy atom. The second-order valence-electron chi connectivity index (χ2n) is 5.63. The summed E-state index contributed by atoms with van der Waals surface area (Å²) < 4.78 is 20.0. The van der Waals surface area contributed by atoms with Crippen molar-refractivity contribution < 1.29 is 8.91 Å². The van der Waals surface area contributed by atoms with E-state index in [0.29, 0.717) is 23.8 Å². The van der Waals surface area contributed by atoms with Gasteiger partial charge in [-0.1, -0.05) is 17.3 Å². The number of nitrogens with zero attached hydrogens (tertiary/aromatic N) is 6. The fourth-order valence-corrected chi connectivity index (χ4v) is 2.20. The predicted molar refractivity (Wildman–Crippen MR) is 96.0 cm³/mol. The lowest BCUT2D eigenvalue weighted by Crippen LogP contribution is -2.24. The van der Waals surface area contributed by atoms with Gasteiger partial charge >= 0.3 is 0 Å². The first-order valence-corrected chi connectivity index (χ1v) is 7.79. The fourth-order valence-electron chi connectivity index (χ4n) is 2.20. The van der Waals surface area contributed by atoms with Crippen molar-refractivity contribution in [2.45, 2.75) is 26.3 Å². The second-order valence-corrected chi connectivity index (χ2v) is 5.63. The SMILES string of the molecule is CNC(C)Cc1noc(/C(=C/c2ccc(F)cc2)n2nnnc2C)n1.Cl. The summed E-state index contributed by atoms with van der Waals surface area (Å²) in [6.07, 6.45) is 2.39. The molecule has 1 N–H and O–H groups in total. The molecule has 3 aromatic rings. The van der Waals surface area contributed by atoms with Gasteiger partial charge in [-0.3, -0.25) is 0 Å². The summed E-state index contributed by atoms with van der Waals surface area (Å²) in [6.45, 7) is 3.79. The van der Waals surface area contributed by atoms with E-state index >= 15 is 0 Å². The number of hydrogen-bond acceptors (Lipinski definition) is 7. The molecular formula is C16H19ClFN7O. The molecule has 10 heteroatoms. The molecule has 0 amide bonds. The molecule has 1 aromatic carbocycles. The van der Waals surface area contributed by atoms with E-state index in [1.54, 1.807) is 25.1 Å². The third-order valence-electron chi connectivity index (χ3n) is 3.70. The van der Waals surface area contributed by atoms with Crippen molar-refractivity contribution in [2.24, 2.45) is 0 Å². The van der Waals surface area contributed by atoms with Gasteiger partial charge in [0.1, 0.15) is 11.5 Å². The van der Waals surface area contributed by atoms with Crippen LogP contribution in [0.1, 0.15) is 30.0 Å². The summed E-state index contributed by atoms with van der Waals surface area (Å²) >= 11 is 0. The molecule has 3 rings (SSSR count). The monoisotopic (exact) mass is 379 g/mol. The third-order valence-corrected chi connectivity index (χ3v) is 3.70. The molecule has 1 unspecified atom stereocenters. The van der Waals surface area contributed by atoms with Gasteiger partial charge in [-0.25, -0.2) is 4.39 Å². The van der Waals surface area contributed by atoms with Gasteiger partial charge in [0.25, 0.3) is 5.89 Å². The Bertz CT molecular complexity index is 875. The van der Waals surface area contributed by atoms with Gasteiger partial charge < -0.3 is 9.84 Å². The van der Waals surface area contributed by atoms with Crippen molar-refractivity contribution in [3.05, 3.63) is 53.2 Å². The third kappa shape index (κ3) is 4.50. The van der Waals surface area contributed by atoms with Crippen LogP contribution in [0, 0.1) is 12.7 Å². The van der Waals surface area contributed by atoms with Crippen LogP contribution in [0.2, 0.25) is 0 Å². The zero-order valence-corrected chi connectivity index (χ0v) is 15.4. The summed E-state index contributed by atoms with van der Waals surface area (Å²) in [7, 11) is 1.87. The Balaban J connectivity index is 0.00000243. The average Bonchev–Trinajstić information content (AvgIpc) is 3.23. The summed E-state index contributed by atoms with van der Waals surface area (Å²) in [5.41, 5.74) is 1.28. The quantitative estimate of drug-likeness (QED) is 0.700. The molecule has 0 aliphatic carbocycles. The van der Waals surface area contributed by atoms with E-state index in [1.807, 2.05) is 14.0 Å². The van der Waals surface area contributed by atoms with E-state index < -0.39 is 0 Å². The first-order chi connectivity index (χ1) is 12.1. The molecule has 0 saturated heterocycles. The van der Waals surface area contributed by atoms with Crippen LogP contribution >= 0.6 is 12.4 Å². The van der Waals surface area contributed by atoms with Crippen LogP contribution < -0.4 is 5.32 Å². The Morgan fingerprint density at radius 3 is 2.69 bits per heavy atom. The molecule has 0 radical (unpaired) electrons. The standard InChI is InChI=1S/C16H18FN7O.ClH/c1-10(18-3)8-15-19-16(25-21-15)14(24-11(2)20-22-23-24)9-12-4-6-13(17)7-5-12;/h4-7,9-10,18H,8H2,1-3H3;1H/b14-9-;. The van der Waals surface area contributed by atoms with Crippen LogP contribution in [0.3, 0.4) is 0 Å². The minimum absolute atomic E-state index is 0. The molecular weight excluding hydrogens is 361 g/mol. The van der Waals surface area contributed by atoms with Crippen LogP contribution in [-0.2, 0) is 6.42 Å². The van der Waals surface area contributed by atoms with Gasteiger partial charge in [-0.15, -0.1) is 17.5 Å². The smallest absolute Gasteiger partial charge is 0.276 e. The van der Waals surface area contributed by atoms with Crippen molar-refractivity contribution in [1.82, 2.24) is 35.7 Å². The van der Waals surface area contributed by atoms with E-state index in [2.05, 4.69) is 31.0 Å². The fraction of sp³-hybridized carbons (Fsp3) is 0.312. The first kappa shape index (κ1) is 19.7. The van der Waals surface area contributed by atoms with E-state index in [0.717, 1.165) is 5.56 Å². The first-order valence-electron chi connectivity index (χ1n) is 7.79. The molecule has 0 aliphatic rings.